The number of benzene rings is 8. The molecule has 0 fully saturated rings. The SMILES string of the molecule is c1ccc(-c2cc(-c3ccccc3)nc(-n3c4ccccc4c4cc(C5=NN=C(c6ccc7c8ccccc8n(-c8ccccc8)c7c6)C5c5ccccc5)ccc43)n2)cc1. The molecule has 1 unspecified atom stereocenters. The first kappa shape index (κ1) is 34.8. The van der Waals surface area contributed by atoms with Crippen molar-refractivity contribution >= 4 is 55.0 Å². The molecule has 0 saturated heterocycles. The lowest BCUT2D eigenvalue weighted by molar-refractivity contribution is 0.995. The topological polar surface area (TPSA) is 60.4 Å². The number of para-hydroxylation sites is 3. The first-order chi connectivity index (χ1) is 30.3. The number of hydrogen-bond donors (Lipinski definition) is 0. The van der Waals surface area contributed by atoms with Crippen LogP contribution in [0.4, 0.5) is 0 Å². The van der Waals surface area contributed by atoms with E-state index in [0.717, 1.165) is 83.6 Å². The van der Waals surface area contributed by atoms with E-state index in [4.69, 9.17) is 20.2 Å². The van der Waals surface area contributed by atoms with Crippen LogP contribution in [0, 0.1) is 0 Å². The van der Waals surface area contributed by atoms with Crippen molar-refractivity contribution in [3.8, 4) is 34.2 Å². The van der Waals surface area contributed by atoms with Gasteiger partial charge >= 0.3 is 0 Å². The monoisotopic (exact) mass is 780 g/mol. The molecule has 0 N–H and O–H groups in total. The summed E-state index contributed by atoms with van der Waals surface area (Å²) >= 11 is 0. The Labute approximate surface area is 352 Å². The van der Waals surface area contributed by atoms with Crippen LogP contribution in [0.25, 0.3) is 77.8 Å². The molecule has 6 heteroatoms. The van der Waals surface area contributed by atoms with Crippen LogP contribution in [-0.2, 0) is 0 Å². The Bertz CT molecular complexity index is 3450. The smallest absolute Gasteiger partial charge is 0.235 e. The van der Waals surface area contributed by atoms with Crippen molar-refractivity contribution in [2.45, 2.75) is 5.92 Å². The van der Waals surface area contributed by atoms with Crippen LogP contribution in [-0.4, -0.2) is 30.5 Å². The molecule has 11 aromatic rings. The second-order valence-electron chi connectivity index (χ2n) is 15.5. The van der Waals surface area contributed by atoms with Gasteiger partial charge in [-0.25, -0.2) is 9.97 Å². The molecule has 4 heterocycles. The van der Waals surface area contributed by atoms with Gasteiger partial charge in [0.05, 0.1) is 50.8 Å². The van der Waals surface area contributed by atoms with E-state index < -0.39 is 0 Å². The van der Waals surface area contributed by atoms with Gasteiger partial charge in [-0.15, -0.1) is 0 Å². The van der Waals surface area contributed by atoms with Gasteiger partial charge in [0.1, 0.15) is 0 Å². The molecule has 0 bridgehead atoms. The summed E-state index contributed by atoms with van der Waals surface area (Å²) in [5, 5.41) is 14.7. The van der Waals surface area contributed by atoms with Gasteiger partial charge in [0.15, 0.2) is 0 Å². The van der Waals surface area contributed by atoms with Crippen LogP contribution in [0.3, 0.4) is 0 Å². The standard InChI is InChI=1S/C55H36N6/c1-5-17-36(18-6-1)46-35-47(37-19-7-2-8-20-37)57-55(56-46)61-49-28-16-14-26-43(49)45-33-39(30-32-50(45)61)53-52(38-21-9-3-10-22-38)54(59-58-53)40-29-31-44-42-25-13-15-27-48(42)60(51(44)34-40)41-23-11-4-12-24-41/h1-35,52H. The summed E-state index contributed by atoms with van der Waals surface area (Å²) < 4.78 is 4.55. The number of nitrogens with zero attached hydrogens (tertiary/aromatic N) is 6. The minimum Gasteiger partial charge on any atom is -0.309 e. The highest BCUT2D eigenvalue weighted by Gasteiger charge is 2.32. The molecular weight excluding hydrogens is 745 g/mol. The van der Waals surface area contributed by atoms with Gasteiger partial charge in [0, 0.05) is 43.9 Å². The van der Waals surface area contributed by atoms with Crippen molar-refractivity contribution in [1.82, 2.24) is 19.1 Å². The number of rotatable bonds is 7. The molecule has 3 aromatic heterocycles. The minimum atomic E-state index is -0.182. The molecule has 8 aromatic carbocycles. The summed E-state index contributed by atoms with van der Waals surface area (Å²) in [5.41, 5.74) is 14.3. The largest absolute Gasteiger partial charge is 0.309 e. The van der Waals surface area contributed by atoms with E-state index in [0.29, 0.717) is 5.95 Å². The van der Waals surface area contributed by atoms with Crippen molar-refractivity contribution in [2.75, 3.05) is 0 Å². The lowest BCUT2D eigenvalue weighted by Gasteiger charge is -2.18. The fraction of sp³-hybridized carbons (Fsp3) is 0.0182. The Kier molecular flexibility index (Phi) is 8.13. The van der Waals surface area contributed by atoms with Crippen molar-refractivity contribution in [3.63, 3.8) is 0 Å². The predicted molar refractivity (Wildman–Crippen MR) is 250 cm³/mol. The molecule has 0 saturated carbocycles. The first-order valence-electron chi connectivity index (χ1n) is 20.6. The Balaban J connectivity index is 1.00. The summed E-state index contributed by atoms with van der Waals surface area (Å²) in [4.78, 5) is 10.5. The van der Waals surface area contributed by atoms with Crippen LogP contribution in [0.2, 0.25) is 0 Å². The highest BCUT2D eigenvalue weighted by molar-refractivity contribution is 6.28. The summed E-state index contributed by atoms with van der Waals surface area (Å²) in [7, 11) is 0. The number of aromatic nitrogens is 4. The molecule has 1 atom stereocenters. The van der Waals surface area contributed by atoms with E-state index in [1.807, 2.05) is 36.4 Å². The molecular formula is C55H36N6. The Morgan fingerprint density at radius 3 is 1.44 bits per heavy atom. The number of hydrogen-bond acceptors (Lipinski definition) is 4. The first-order valence-corrected chi connectivity index (χ1v) is 20.6. The molecule has 0 aliphatic carbocycles. The molecule has 6 nitrogen and oxygen atoms in total. The fourth-order valence-corrected chi connectivity index (χ4v) is 9.14. The lowest BCUT2D eigenvalue weighted by atomic mass is 9.83. The normalized spacial score (nSPS) is 13.9. The van der Waals surface area contributed by atoms with Gasteiger partial charge in [-0.3, -0.25) is 4.57 Å². The second kappa shape index (κ2) is 14.3. The van der Waals surface area contributed by atoms with Crippen LogP contribution in [0.5, 0.6) is 0 Å². The Hall–Kier alpha value is -8.22. The zero-order valence-electron chi connectivity index (χ0n) is 33.0. The van der Waals surface area contributed by atoms with Crippen molar-refractivity contribution in [3.05, 3.63) is 229 Å². The van der Waals surface area contributed by atoms with Crippen LogP contribution >= 0.6 is 0 Å². The summed E-state index contributed by atoms with van der Waals surface area (Å²) in [5.74, 6) is 0.437. The van der Waals surface area contributed by atoms with E-state index in [1.165, 1.54) is 16.3 Å². The van der Waals surface area contributed by atoms with Crippen molar-refractivity contribution in [1.29, 1.82) is 0 Å². The van der Waals surface area contributed by atoms with E-state index in [9.17, 15) is 0 Å². The molecule has 61 heavy (non-hydrogen) atoms. The van der Waals surface area contributed by atoms with Gasteiger partial charge in [0.25, 0.3) is 0 Å². The summed E-state index contributed by atoms with van der Waals surface area (Å²) in [6.45, 7) is 0. The molecule has 1 aliphatic rings. The zero-order valence-corrected chi connectivity index (χ0v) is 33.0. The van der Waals surface area contributed by atoms with E-state index in [2.05, 4.69) is 185 Å². The average molecular weight is 781 g/mol. The predicted octanol–water partition coefficient (Wildman–Crippen LogP) is 13.0. The minimum absolute atomic E-state index is 0.182. The van der Waals surface area contributed by atoms with Gasteiger partial charge in [-0.05, 0) is 59.7 Å². The van der Waals surface area contributed by atoms with E-state index >= 15 is 0 Å². The van der Waals surface area contributed by atoms with Gasteiger partial charge in [0.2, 0.25) is 5.95 Å². The van der Waals surface area contributed by atoms with E-state index in [-0.39, 0.29) is 5.92 Å². The molecule has 12 rings (SSSR count). The maximum atomic E-state index is 5.24. The van der Waals surface area contributed by atoms with Gasteiger partial charge < -0.3 is 4.57 Å². The second-order valence-corrected chi connectivity index (χ2v) is 15.5. The molecule has 0 radical (unpaired) electrons. The third kappa shape index (κ3) is 5.80. The summed E-state index contributed by atoms with van der Waals surface area (Å²) in [6.07, 6.45) is 0. The average Bonchev–Trinajstić information content (AvgIpc) is 4.03. The third-order valence-corrected chi connectivity index (χ3v) is 12.0. The van der Waals surface area contributed by atoms with Crippen molar-refractivity contribution in [2.24, 2.45) is 10.2 Å². The fourth-order valence-electron chi connectivity index (χ4n) is 9.14. The molecule has 0 amide bonds. The Morgan fingerprint density at radius 2 is 0.803 bits per heavy atom. The van der Waals surface area contributed by atoms with E-state index in [1.54, 1.807) is 0 Å². The maximum absolute atomic E-state index is 5.24. The maximum Gasteiger partial charge on any atom is 0.235 e. The van der Waals surface area contributed by atoms with Crippen molar-refractivity contribution < 1.29 is 0 Å². The van der Waals surface area contributed by atoms with Gasteiger partial charge in [-0.1, -0.05) is 164 Å². The Morgan fingerprint density at radius 1 is 0.328 bits per heavy atom. The number of fused-ring (bicyclic) bond motifs is 6. The van der Waals surface area contributed by atoms with Crippen LogP contribution < -0.4 is 0 Å². The zero-order chi connectivity index (χ0) is 40.3. The lowest BCUT2D eigenvalue weighted by Crippen LogP contribution is -2.20. The summed E-state index contributed by atoms with van der Waals surface area (Å²) in [6, 6.07) is 74.5. The highest BCUT2D eigenvalue weighted by Crippen LogP contribution is 2.39. The molecule has 1 aliphatic heterocycles. The third-order valence-electron chi connectivity index (χ3n) is 12.0. The quantitative estimate of drug-likeness (QED) is 0.162. The van der Waals surface area contributed by atoms with Crippen LogP contribution in [0.15, 0.2) is 223 Å². The molecule has 0 spiro atoms. The van der Waals surface area contributed by atoms with Crippen LogP contribution in [0.1, 0.15) is 22.6 Å². The molecule has 286 valence electrons. The highest BCUT2D eigenvalue weighted by atomic mass is 15.2. The van der Waals surface area contributed by atoms with Gasteiger partial charge in [-0.2, -0.15) is 10.2 Å².